The third kappa shape index (κ3) is 5.60. The Morgan fingerprint density at radius 1 is 1.17 bits per heavy atom. The summed E-state index contributed by atoms with van der Waals surface area (Å²) in [6.07, 6.45) is 6.31. The fourth-order valence-electron chi connectivity index (χ4n) is 3.11. The SMILES string of the molecule is Cc1ccc(C)c(S(=O)(=O)NCCC(=O)NCC2CCCCC2)c1. The molecule has 6 heteroatoms. The Hall–Kier alpha value is -1.40. The summed E-state index contributed by atoms with van der Waals surface area (Å²) in [5, 5.41) is 2.93. The van der Waals surface area contributed by atoms with Crippen molar-refractivity contribution >= 4 is 15.9 Å². The molecular weight excluding hydrogens is 324 g/mol. The van der Waals surface area contributed by atoms with Crippen LogP contribution in [0.1, 0.15) is 49.7 Å². The van der Waals surface area contributed by atoms with Crippen LogP contribution in [0.5, 0.6) is 0 Å². The lowest BCUT2D eigenvalue weighted by Gasteiger charge is -2.21. The van der Waals surface area contributed by atoms with E-state index in [9.17, 15) is 13.2 Å². The van der Waals surface area contributed by atoms with E-state index in [4.69, 9.17) is 0 Å². The maximum Gasteiger partial charge on any atom is 0.240 e. The molecule has 0 bridgehead atoms. The van der Waals surface area contributed by atoms with Gasteiger partial charge in [-0.25, -0.2) is 13.1 Å². The summed E-state index contributed by atoms with van der Waals surface area (Å²) in [4.78, 5) is 12.2. The van der Waals surface area contributed by atoms with Gasteiger partial charge in [0.1, 0.15) is 0 Å². The summed E-state index contributed by atoms with van der Waals surface area (Å²) in [7, 11) is -3.57. The van der Waals surface area contributed by atoms with Crippen LogP contribution in [0.15, 0.2) is 23.1 Å². The standard InChI is InChI=1S/C18H28N2O3S/c1-14-8-9-15(2)17(12-14)24(22,23)20-11-10-18(21)19-13-16-6-4-3-5-7-16/h8-9,12,16,20H,3-7,10-11,13H2,1-2H3,(H,19,21). The first kappa shape index (κ1) is 18.9. The van der Waals surface area contributed by atoms with Crippen molar-refractivity contribution in [1.82, 2.24) is 10.0 Å². The average molecular weight is 353 g/mol. The van der Waals surface area contributed by atoms with Crippen LogP contribution in [-0.2, 0) is 14.8 Å². The van der Waals surface area contributed by atoms with Gasteiger partial charge in [-0.15, -0.1) is 0 Å². The van der Waals surface area contributed by atoms with Gasteiger partial charge in [-0.05, 0) is 49.8 Å². The maximum atomic E-state index is 12.3. The summed E-state index contributed by atoms with van der Waals surface area (Å²) in [6, 6.07) is 5.33. The summed E-state index contributed by atoms with van der Waals surface area (Å²) in [6.45, 7) is 4.46. The van der Waals surface area contributed by atoms with Gasteiger partial charge < -0.3 is 5.32 Å². The van der Waals surface area contributed by atoms with Gasteiger partial charge in [0, 0.05) is 19.5 Å². The van der Waals surface area contributed by atoms with Crippen LogP contribution in [0.25, 0.3) is 0 Å². The van der Waals surface area contributed by atoms with Gasteiger partial charge >= 0.3 is 0 Å². The molecular formula is C18H28N2O3S. The van der Waals surface area contributed by atoms with Crippen LogP contribution in [0.2, 0.25) is 0 Å². The summed E-state index contributed by atoms with van der Waals surface area (Å²) in [5.41, 5.74) is 1.60. The normalized spacial score (nSPS) is 16.1. The minimum Gasteiger partial charge on any atom is -0.356 e. The second-order valence-electron chi connectivity index (χ2n) is 6.72. The average Bonchev–Trinajstić information content (AvgIpc) is 2.56. The van der Waals surface area contributed by atoms with Crippen molar-refractivity contribution in [3.05, 3.63) is 29.3 Å². The van der Waals surface area contributed by atoms with Gasteiger partial charge in [0.15, 0.2) is 0 Å². The predicted octanol–water partition coefficient (Wildman–Crippen LogP) is 2.67. The number of benzene rings is 1. The number of rotatable bonds is 7. The molecule has 134 valence electrons. The van der Waals surface area contributed by atoms with E-state index in [0.29, 0.717) is 18.0 Å². The Balaban J connectivity index is 1.77. The van der Waals surface area contributed by atoms with Crippen LogP contribution in [0.4, 0.5) is 0 Å². The van der Waals surface area contributed by atoms with E-state index >= 15 is 0 Å². The lowest BCUT2D eigenvalue weighted by atomic mass is 9.89. The highest BCUT2D eigenvalue weighted by Gasteiger charge is 2.18. The summed E-state index contributed by atoms with van der Waals surface area (Å²) >= 11 is 0. The van der Waals surface area contributed by atoms with Gasteiger partial charge in [-0.1, -0.05) is 31.4 Å². The molecule has 0 atom stereocenters. The van der Waals surface area contributed by atoms with E-state index in [1.54, 1.807) is 19.1 Å². The second kappa shape index (κ2) is 8.62. The first-order valence-corrected chi connectivity index (χ1v) is 10.2. The van der Waals surface area contributed by atoms with Crippen molar-refractivity contribution in [3.8, 4) is 0 Å². The van der Waals surface area contributed by atoms with Gasteiger partial charge in [-0.2, -0.15) is 0 Å². The fraction of sp³-hybridized carbons (Fsp3) is 0.611. The molecule has 24 heavy (non-hydrogen) atoms. The molecule has 1 amide bonds. The summed E-state index contributed by atoms with van der Waals surface area (Å²) < 4.78 is 27.2. The number of carbonyl (C=O) groups is 1. The van der Waals surface area contributed by atoms with Crippen molar-refractivity contribution in [2.45, 2.75) is 57.3 Å². The maximum absolute atomic E-state index is 12.3. The van der Waals surface area contributed by atoms with Crippen molar-refractivity contribution in [2.75, 3.05) is 13.1 Å². The zero-order chi connectivity index (χ0) is 17.6. The number of sulfonamides is 1. The van der Waals surface area contributed by atoms with Crippen molar-refractivity contribution < 1.29 is 13.2 Å². The van der Waals surface area contributed by atoms with E-state index in [2.05, 4.69) is 10.0 Å². The Bertz CT molecular complexity index is 665. The highest BCUT2D eigenvalue weighted by Crippen LogP contribution is 2.22. The minimum atomic E-state index is -3.57. The molecule has 2 N–H and O–H groups in total. The number of nitrogens with one attached hydrogen (secondary N) is 2. The highest BCUT2D eigenvalue weighted by molar-refractivity contribution is 7.89. The molecule has 2 rings (SSSR count). The molecule has 1 saturated carbocycles. The Labute approximate surface area is 145 Å². The van der Waals surface area contributed by atoms with Crippen molar-refractivity contribution in [3.63, 3.8) is 0 Å². The zero-order valence-electron chi connectivity index (χ0n) is 14.6. The predicted molar refractivity (Wildman–Crippen MR) is 95.3 cm³/mol. The second-order valence-corrected chi connectivity index (χ2v) is 8.46. The smallest absolute Gasteiger partial charge is 0.240 e. The summed E-state index contributed by atoms with van der Waals surface area (Å²) in [5.74, 6) is 0.485. The monoisotopic (exact) mass is 352 g/mol. The molecule has 5 nitrogen and oxygen atoms in total. The molecule has 1 aromatic rings. The first-order valence-electron chi connectivity index (χ1n) is 8.72. The number of hydrogen-bond acceptors (Lipinski definition) is 3. The number of aryl methyl sites for hydroxylation is 2. The molecule has 0 radical (unpaired) electrons. The third-order valence-electron chi connectivity index (χ3n) is 4.59. The van der Waals surface area contributed by atoms with Crippen LogP contribution in [0.3, 0.4) is 0 Å². The third-order valence-corrected chi connectivity index (χ3v) is 6.19. The minimum absolute atomic E-state index is 0.0933. The Morgan fingerprint density at radius 2 is 1.88 bits per heavy atom. The molecule has 0 spiro atoms. The number of carbonyl (C=O) groups excluding carboxylic acids is 1. The number of amides is 1. The molecule has 0 aromatic heterocycles. The molecule has 1 fully saturated rings. The van der Waals surface area contributed by atoms with Crippen LogP contribution >= 0.6 is 0 Å². The van der Waals surface area contributed by atoms with E-state index in [0.717, 1.165) is 5.56 Å². The molecule has 0 heterocycles. The zero-order valence-corrected chi connectivity index (χ0v) is 15.4. The van der Waals surface area contributed by atoms with E-state index < -0.39 is 10.0 Å². The highest BCUT2D eigenvalue weighted by atomic mass is 32.2. The largest absolute Gasteiger partial charge is 0.356 e. The van der Waals surface area contributed by atoms with Crippen molar-refractivity contribution in [1.29, 1.82) is 0 Å². The van der Waals surface area contributed by atoms with Gasteiger partial charge in [0.25, 0.3) is 0 Å². The molecule has 0 saturated heterocycles. The van der Waals surface area contributed by atoms with Gasteiger partial charge in [-0.3, -0.25) is 4.79 Å². The van der Waals surface area contributed by atoms with Gasteiger partial charge in [0.2, 0.25) is 15.9 Å². The molecule has 0 aliphatic heterocycles. The first-order chi connectivity index (χ1) is 11.4. The molecule has 1 aliphatic rings. The van der Waals surface area contributed by atoms with E-state index in [1.165, 1.54) is 32.1 Å². The van der Waals surface area contributed by atoms with Crippen LogP contribution < -0.4 is 10.0 Å². The van der Waals surface area contributed by atoms with Crippen molar-refractivity contribution in [2.24, 2.45) is 5.92 Å². The van der Waals surface area contributed by atoms with E-state index in [1.807, 2.05) is 13.0 Å². The topological polar surface area (TPSA) is 75.3 Å². The molecule has 0 unspecified atom stereocenters. The fourth-order valence-corrected chi connectivity index (χ4v) is 4.47. The molecule has 1 aromatic carbocycles. The quantitative estimate of drug-likeness (QED) is 0.792. The van der Waals surface area contributed by atoms with E-state index in [-0.39, 0.29) is 23.8 Å². The van der Waals surface area contributed by atoms with Gasteiger partial charge in [0.05, 0.1) is 4.90 Å². The Morgan fingerprint density at radius 3 is 2.58 bits per heavy atom. The van der Waals surface area contributed by atoms with Crippen LogP contribution in [0, 0.1) is 19.8 Å². The lowest BCUT2D eigenvalue weighted by molar-refractivity contribution is -0.121. The molecule has 1 aliphatic carbocycles. The Kier molecular flexibility index (Phi) is 6.80. The number of hydrogen-bond donors (Lipinski definition) is 2. The van der Waals surface area contributed by atoms with Crippen LogP contribution in [-0.4, -0.2) is 27.4 Å². The lowest BCUT2D eigenvalue weighted by Crippen LogP contribution is -2.34.